The molecule has 2 fully saturated rings. The van der Waals surface area contributed by atoms with Gasteiger partial charge in [0.05, 0.1) is 12.6 Å². The highest BCUT2D eigenvalue weighted by Gasteiger charge is 2.38. The molecule has 2 unspecified atom stereocenters. The zero-order chi connectivity index (χ0) is 19.0. The molecule has 0 radical (unpaired) electrons. The lowest BCUT2D eigenvalue weighted by Crippen LogP contribution is -2.45. The van der Waals surface area contributed by atoms with Crippen molar-refractivity contribution in [1.82, 2.24) is 14.9 Å². The second-order valence-corrected chi connectivity index (χ2v) is 7.71. The fourth-order valence-corrected chi connectivity index (χ4v) is 4.16. The van der Waals surface area contributed by atoms with E-state index in [2.05, 4.69) is 9.97 Å². The van der Waals surface area contributed by atoms with Crippen LogP contribution in [0.2, 0.25) is 0 Å². The van der Waals surface area contributed by atoms with E-state index < -0.39 is 5.97 Å². The van der Waals surface area contributed by atoms with Gasteiger partial charge < -0.3 is 19.7 Å². The molecule has 2 N–H and O–H groups in total. The van der Waals surface area contributed by atoms with E-state index >= 15 is 0 Å². The van der Waals surface area contributed by atoms with Crippen LogP contribution in [0.4, 0.5) is 0 Å². The van der Waals surface area contributed by atoms with Crippen molar-refractivity contribution in [3.05, 3.63) is 24.0 Å². The summed E-state index contributed by atoms with van der Waals surface area (Å²) in [5.74, 6) is 1.32. The molecule has 2 atom stereocenters. The zero-order valence-electron chi connectivity index (χ0n) is 15.5. The Kier molecular flexibility index (Phi) is 4.76. The monoisotopic (exact) mass is 371 g/mol. The number of hydrogen-bond donors (Lipinski definition) is 2. The number of carboxylic acid groups (broad SMARTS) is 1. The summed E-state index contributed by atoms with van der Waals surface area (Å²) in [6.07, 6.45) is 3.48. The number of piperidine rings is 1. The molecule has 1 aliphatic carbocycles. The molecule has 1 aromatic heterocycles. The minimum Gasteiger partial charge on any atom is -0.494 e. The molecular formula is C20H25N3O4. The molecule has 7 heteroatoms. The van der Waals surface area contributed by atoms with Crippen molar-refractivity contribution < 1.29 is 19.4 Å². The normalized spacial score (nSPS) is 22.8. The van der Waals surface area contributed by atoms with Gasteiger partial charge in [0.1, 0.15) is 17.1 Å². The van der Waals surface area contributed by atoms with Crippen LogP contribution in [0.5, 0.6) is 5.75 Å². The summed E-state index contributed by atoms with van der Waals surface area (Å²) < 4.78 is 5.37. The molecule has 2 aliphatic rings. The number of rotatable bonds is 6. The number of fused-ring (bicyclic) bond motifs is 1. The Morgan fingerprint density at radius 3 is 2.81 bits per heavy atom. The molecule has 144 valence electrons. The predicted octanol–water partition coefficient (Wildman–Crippen LogP) is 2.46. The van der Waals surface area contributed by atoms with E-state index in [-0.39, 0.29) is 30.1 Å². The van der Waals surface area contributed by atoms with E-state index in [1.54, 1.807) is 7.11 Å². The average Bonchev–Trinajstić information content (AvgIpc) is 3.41. The van der Waals surface area contributed by atoms with Crippen LogP contribution in [0, 0.1) is 17.8 Å². The number of aromatic nitrogens is 2. The lowest BCUT2D eigenvalue weighted by Gasteiger charge is -2.38. The maximum absolute atomic E-state index is 12.5. The topological polar surface area (TPSA) is 95.5 Å². The van der Waals surface area contributed by atoms with Crippen molar-refractivity contribution in [1.29, 1.82) is 0 Å². The Bertz CT molecular complexity index is 858. The number of ether oxygens (including phenoxy) is 1. The number of benzene rings is 1. The van der Waals surface area contributed by atoms with Gasteiger partial charge in [0.2, 0.25) is 5.91 Å². The van der Waals surface area contributed by atoms with Crippen LogP contribution in [-0.4, -0.2) is 52.1 Å². The van der Waals surface area contributed by atoms with E-state index in [0.717, 1.165) is 36.1 Å². The Labute approximate surface area is 157 Å². The van der Waals surface area contributed by atoms with Gasteiger partial charge in [0.15, 0.2) is 0 Å². The molecule has 1 saturated heterocycles. The Balaban J connectivity index is 1.55. The van der Waals surface area contributed by atoms with E-state index in [0.29, 0.717) is 25.3 Å². The van der Waals surface area contributed by atoms with Crippen molar-refractivity contribution in [3.8, 4) is 5.75 Å². The third kappa shape index (κ3) is 3.77. The SMILES string of the molecule is COc1cccc2[nH]c(CC3CN(C(=O)C4CC4)CCC3CC(=O)O)nc12. The highest BCUT2D eigenvalue weighted by Crippen LogP contribution is 2.35. The summed E-state index contributed by atoms with van der Waals surface area (Å²) in [5.41, 5.74) is 1.69. The molecule has 27 heavy (non-hydrogen) atoms. The lowest BCUT2D eigenvalue weighted by atomic mass is 9.81. The van der Waals surface area contributed by atoms with Gasteiger partial charge in [-0.2, -0.15) is 0 Å². The molecular weight excluding hydrogens is 346 g/mol. The number of para-hydroxylation sites is 1. The Morgan fingerprint density at radius 1 is 1.30 bits per heavy atom. The number of H-pyrrole nitrogens is 1. The molecule has 1 aromatic carbocycles. The number of carboxylic acids is 1. The number of nitrogens with zero attached hydrogens (tertiary/aromatic N) is 2. The van der Waals surface area contributed by atoms with E-state index in [4.69, 9.17) is 4.74 Å². The number of carbonyl (C=O) groups is 2. The molecule has 7 nitrogen and oxygen atoms in total. The van der Waals surface area contributed by atoms with E-state index in [1.807, 2.05) is 23.1 Å². The fraction of sp³-hybridized carbons (Fsp3) is 0.550. The quantitative estimate of drug-likeness (QED) is 0.813. The number of hydrogen-bond acceptors (Lipinski definition) is 4. The van der Waals surface area contributed by atoms with Crippen molar-refractivity contribution in [2.45, 2.75) is 32.1 Å². The molecule has 4 rings (SSSR count). The minimum atomic E-state index is -0.779. The van der Waals surface area contributed by atoms with Crippen molar-refractivity contribution >= 4 is 22.9 Å². The second kappa shape index (κ2) is 7.21. The Morgan fingerprint density at radius 2 is 2.11 bits per heavy atom. The first kappa shape index (κ1) is 17.8. The summed E-state index contributed by atoms with van der Waals surface area (Å²) in [7, 11) is 1.62. The zero-order valence-corrected chi connectivity index (χ0v) is 15.5. The second-order valence-electron chi connectivity index (χ2n) is 7.71. The molecule has 2 heterocycles. The van der Waals surface area contributed by atoms with Crippen molar-refractivity contribution in [3.63, 3.8) is 0 Å². The largest absolute Gasteiger partial charge is 0.494 e. The van der Waals surface area contributed by atoms with Crippen LogP contribution >= 0.6 is 0 Å². The molecule has 0 spiro atoms. The van der Waals surface area contributed by atoms with Gasteiger partial charge in [-0.15, -0.1) is 0 Å². The van der Waals surface area contributed by atoms with Crippen LogP contribution < -0.4 is 4.74 Å². The summed E-state index contributed by atoms with van der Waals surface area (Å²) >= 11 is 0. The van der Waals surface area contributed by atoms with E-state index in [9.17, 15) is 14.7 Å². The number of nitrogens with one attached hydrogen (secondary N) is 1. The summed E-state index contributed by atoms with van der Waals surface area (Å²) in [6, 6.07) is 5.73. The number of amides is 1. The molecule has 1 saturated carbocycles. The van der Waals surface area contributed by atoms with Gasteiger partial charge in [-0.05, 0) is 43.2 Å². The van der Waals surface area contributed by atoms with Gasteiger partial charge in [0.25, 0.3) is 0 Å². The number of aromatic amines is 1. The number of likely N-dealkylation sites (tertiary alicyclic amines) is 1. The smallest absolute Gasteiger partial charge is 0.303 e. The van der Waals surface area contributed by atoms with Crippen molar-refractivity contribution in [2.24, 2.45) is 17.8 Å². The standard InChI is InChI=1S/C20H25N3O4/c1-27-16-4-2-3-15-19(16)22-17(21-15)9-14-11-23(20(26)12-5-6-12)8-7-13(14)10-18(24)25/h2-4,12-14H,5-11H2,1H3,(H,21,22)(H,24,25). The highest BCUT2D eigenvalue weighted by atomic mass is 16.5. The summed E-state index contributed by atoms with van der Waals surface area (Å²) in [5, 5.41) is 9.29. The number of aliphatic carboxylic acids is 1. The first-order valence-corrected chi connectivity index (χ1v) is 9.57. The van der Waals surface area contributed by atoms with Crippen LogP contribution in [0.3, 0.4) is 0 Å². The first-order chi connectivity index (χ1) is 13.0. The highest BCUT2D eigenvalue weighted by molar-refractivity contribution is 5.82. The molecule has 0 bridgehead atoms. The number of carbonyl (C=O) groups excluding carboxylic acids is 1. The van der Waals surface area contributed by atoms with E-state index in [1.165, 1.54) is 0 Å². The predicted molar refractivity (Wildman–Crippen MR) is 99.5 cm³/mol. The van der Waals surface area contributed by atoms with Gasteiger partial charge in [-0.3, -0.25) is 9.59 Å². The van der Waals surface area contributed by atoms with Gasteiger partial charge >= 0.3 is 5.97 Å². The summed E-state index contributed by atoms with van der Waals surface area (Å²) in [6.45, 7) is 1.28. The van der Waals surface area contributed by atoms with Crippen molar-refractivity contribution in [2.75, 3.05) is 20.2 Å². The first-order valence-electron chi connectivity index (χ1n) is 9.57. The summed E-state index contributed by atoms with van der Waals surface area (Å²) in [4.78, 5) is 33.7. The van der Waals surface area contributed by atoms with Gasteiger partial charge in [-0.25, -0.2) is 4.98 Å². The fourth-order valence-electron chi connectivity index (χ4n) is 4.16. The van der Waals surface area contributed by atoms with Gasteiger partial charge in [0, 0.05) is 31.8 Å². The van der Waals surface area contributed by atoms with Gasteiger partial charge in [-0.1, -0.05) is 6.07 Å². The maximum Gasteiger partial charge on any atom is 0.303 e. The third-order valence-electron chi connectivity index (χ3n) is 5.77. The minimum absolute atomic E-state index is 0.0564. The third-order valence-corrected chi connectivity index (χ3v) is 5.77. The van der Waals surface area contributed by atoms with Crippen LogP contribution in [0.1, 0.15) is 31.5 Å². The average molecular weight is 371 g/mol. The molecule has 1 amide bonds. The van der Waals surface area contributed by atoms with Crippen LogP contribution in [-0.2, 0) is 16.0 Å². The number of imidazole rings is 1. The molecule has 2 aromatic rings. The number of methoxy groups -OCH3 is 1. The Hall–Kier alpha value is -2.57. The lowest BCUT2D eigenvalue weighted by molar-refractivity contribution is -0.140. The molecule has 1 aliphatic heterocycles. The van der Waals surface area contributed by atoms with Crippen LogP contribution in [0.25, 0.3) is 11.0 Å². The van der Waals surface area contributed by atoms with Crippen LogP contribution in [0.15, 0.2) is 18.2 Å². The maximum atomic E-state index is 12.5.